The van der Waals surface area contributed by atoms with E-state index in [0.29, 0.717) is 18.5 Å². The molecule has 1 amide bonds. The van der Waals surface area contributed by atoms with E-state index in [4.69, 9.17) is 4.74 Å². The molecule has 2 aromatic carbocycles. The lowest BCUT2D eigenvalue weighted by molar-refractivity contribution is -0.140. The first-order valence-corrected chi connectivity index (χ1v) is 9.42. The zero-order valence-electron chi connectivity index (χ0n) is 17.0. The average Bonchev–Trinajstić information content (AvgIpc) is 2.68. The van der Waals surface area contributed by atoms with Crippen molar-refractivity contribution >= 4 is 11.9 Å². The van der Waals surface area contributed by atoms with Crippen LogP contribution in [0.5, 0.6) is 0 Å². The topological polar surface area (TPSA) is 46.6 Å². The molecule has 0 saturated carbocycles. The van der Waals surface area contributed by atoms with Gasteiger partial charge in [-0.3, -0.25) is 9.59 Å². The molecule has 150 valence electrons. The lowest BCUT2D eigenvalue weighted by atomic mass is 9.86. The van der Waals surface area contributed by atoms with Gasteiger partial charge >= 0.3 is 5.97 Å². The number of halogens is 1. The van der Waals surface area contributed by atoms with Crippen LogP contribution in [0.3, 0.4) is 0 Å². The predicted molar refractivity (Wildman–Crippen MR) is 108 cm³/mol. The molecule has 0 aromatic heterocycles. The lowest BCUT2D eigenvalue weighted by Crippen LogP contribution is -2.35. The average molecular weight is 385 g/mol. The summed E-state index contributed by atoms with van der Waals surface area (Å²) in [5.74, 6) is -0.782. The second-order valence-corrected chi connectivity index (χ2v) is 7.82. The van der Waals surface area contributed by atoms with Crippen LogP contribution >= 0.6 is 0 Å². The van der Waals surface area contributed by atoms with Crippen molar-refractivity contribution in [1.29, 1.82) is 0 Å². The fraction of sp³-hybridized carbons (Fsp3) is 0.391. The summed E-state index contributed by atoms with van der Waals surface area (Å²) in [4.78, 5) is 26.2. The summed E-state index contributed by atoms with van der Waals surface area (Å²) in [5.41, 5.74) is 2.67. The van der Waals surface area contributed by atoms with E-state index in [1.165, 1.54) is 19.2 Å². The number of methoxy groups -OCH3 is 1. The molecule has 5 heteroatoms. The quantitative estimate of drug-likeness (QED) is 0.665. The van der Waals surface area contributed by atoms with Crippen molar-refractivity contribution in [3.63, 3.8) is 0 Å². The van der Waals surface area contributed by atoms with Crippen LogP contribution in [0.15, 0.2) is 48.5 Å². The van der Waals surface area contributed by atoms with E-state index in [1.54, 1.807) is 17.0 Å². The van der Waals surface area contributed by atoms with Crippen LogP contribution in [0.1, 0.15) is 48.7 Å². The van der Waals surface area contributed by atoms with E-state index in [1.807, 2.05) is 24.3 Å². The number of amides is 1. The van der Waals surface area contributed by atoms with Gasteiger partial charge in [-0.1, -0.05) is 45.0 Å². The zero-order valence-corrected chi connectivity index (χ0v) is 17.0. The monoisotopic (exact) mass is 385 g/mol. The fourth-order valence-corrected chi connectivity index (χ4v) is 2.85. The van der Waals surface area contributed by atoms with Gasteiger partial charge in [-0.2, -0.15) is 0 Å². The Bertz CT molecular complexity index is 792. The van der Waals surface area contributed by atoms with Crippen LogP contribution in [0.25, 0.3) is 0 Å². The number of carbonyl (C=O) groups is 2. The molecule has 0 N–H and O–H groups in total. The number of nitrogens with zero attached hydrogens (tertiary/aromatic N) is 1. The van der Waals surface area contributed by atoms with E-state index < -0.39 is 0 Å². The Hall–Kier alpha value is -2.69. The summed E-state index contributed by atoms with van der Waals surface area (Å²) in [6.45, 7) is 7.07. The minimum Gasteiger partial charge on any atom is -0.469 e. The van der Waals surface area contributed by atoms with E-state index in [9.17, 15) is 14.0 Å². The van der Waals surface area contributed by atoms with Gasteiger partial charge in [-0.15, -0.1) is 0 Å². The Kier molecular flexibility index (Phi) is 7.32. The van der Waals surface area contributed by atoms with Gasteiger partial charge in [0.2, 0.25) is 0 Å². The van der Waals surface area contributed by atoms with Gasteiger partial charge in [0.15, 0.2) is 0 Å². The SMILES string of the molecule is COC(=O)CCN(CCc1ccc(F)cc1)C(=O)c1ccc(C(C)(C)C)cc1. The molecule has 0 bridgehead atoms. The van der Waals surface area contributed by atoms with Crippen LogP contribution in [-0.4, -0.2) is 37.0 Å². The van der Waals surface area contributed by atoms with Gasteiger partial charge in [0, 0.05) is 18.7 Å². The van der Waals surface area contributed by atoms with Gasteiger partial charge in [-0.05, 0) is 47.2 Å². The summed E-state index contributed by atoms with van der Waals surface area (Å²) >= 11 is 0. The first-order valence-electron chi connectivity index (χ1n) is 9.42. The van der Waals surface area contributed by atoms with Crippen LogP contribution in [0, 0.1) is 5.82 Å². The van der Waals surface area contributed by atoms with E-state index in [0.717, 1.165) is 11.1 Å². The van der Waals surface area contributed by atoms with Crippen molar-refractivity contribution in [2.24, 2.45) is 0 Å². The summed E-state index contributed by atoms with van der Waals surface area (Å²) in [6.07, 6.45) is 0.707. The molecule has 0 aliphatic heterocycles. The second-order valence-electron chi connectivity index (χ2n) is 7.82. The molecule has 0 atom stereocenters. The highest BCUT2D eigenvalue weighted by molar-refractivity contribution is 5.94. The van der Waals surface area contributed by atoms with Crippen molar-refractivity contribution < 1.29 is 18.7 Å². The fourth-order valence-electron chi connectivity index (χ4n) is 2.85. The van der Waals surface area contributed by atoms with Crippen LogP contribution in [0.2, 0.25) is 0 Å². The molecule has 0 spiro atoms. The van der Waals surface area contributed by atoms with Crippen LogP contribution in [0.4, 0.5) is 4.39 Å². The van der Waals surface area contributed by atoms with Crippen LogP contribution in [-0.2, 0) is 21.4 Å². The highest BCUT2D eigenvalue weighted by Crippen LogP contribution is 2.22. The number of esters is 1. The first-order chi connectivity index (χ1) is 13.2. The van der Waals surface area contributed by atoms with Gasteiger partial charge in [-0.25, -0.2) is 4.39 Å². The molecule has 4 nitrogen and oxygen atoms in total. The summed E-state index contributed by atoms with van der Waals surface area (Å²) in [5, 5.41) is 0. The maximum atomic E-state index is 13.1. The maximum absolute atomic E-state index is 13.1. The van der Waals surface area contributed by atoms with E-state index in [2.05, 4.69) is 20.8 Å². The van der Waals surface area contributed by atoms with E-state index in [-0.39, 0.29) is 36.1 Å². The molecule has 0 unspecified atom stereocenters. The molecule has 0 fully saturated rings. The largest absolute Gasteiger partial charge is 0.469 e. The Morgan fingerprint density at radius 3 is 2.11 bits per heavy atom. The molecule has 2 rings (SSSR count). The highest BCUT2D eigenvalue weighted by Gasteiger charge is 2.19. The highest BCUT2D eigenvalue weighted by atomic mass is 19.1. The van der Waals surface area contributed by atoms with Gasteiger partial charge in [0.05, 0.1) is 13.5 Å². The molecule has 0 radical (unpaired) electrons. The molecule has 0 heterocycles. The summed E-state index contributed by atoms with van der Waals surface area (Å²) < 4.78 is 17.8. The number of carbonyl (C=O) groups excluding carboxylic acids is 2. The Labute approximate surface area is 166 Å². The number of hydrogen-bond donors (Lipinski definition) is 0. The molecule has 28 heavy (non-hydrogen) atoms. The lowest BCUT2D eigenvalue weighted by Gasteiger charge is -2.23. The van der Waals surface area contributed by atoms with Gasteiger partial charge in [0.1, 0.15) is 5.82 Å². The van der Waals surface area contributed by atoms with Gasteiger partial charge < -0.3 is 9.64 Å². The molecule has 0 aliphatic carbocycles. The van der Waals surface area contributed by atoms with Crippen molar-refractivity contribution in [3.05, 3.63) is 71.0 Å². The maximum Gasteiger partial charge on any atom is 0.307 e. The minimum absolute atomic E-state index is 0.00866. The molecular weight excluding hydrogens is 357 g/mol. The number of benzene rings is 2. The van der Waals surface area contributed by atoms with Crippen molar-refractivity contribution in [2.75, 3.05) is 20.2 Å². The van der Waals surface area contributed by atoms with E-state index >= 15 is 0 Å². The molecule has 2 aromatic rings. The van der Waals surface area contributed by atoms with Crippen LogP contribution < -0.4 is 0 Å². The standard InChI is InChI=1S/C23H28FNO3/c1-23(2,3)19-9-7-18(8-10-19)22(27)25(16-14-21(26)28-4)15-13-17-5-11-20(24)12-6-17/h5-12H,13-16H2,1-4H3. The summed E-state index contributed by atoms with van der Waals surface area (Å²) in [6, 6.07) is 13.8. The number of rotatable bonds is 7. The number of hydrogen-bond acceptors (Lipinski definition) is 3. The molecule has 0 aliphatic rings. The Morgan fingerprint density at radius 2 is 1.57 bits per heavy atom. The van der Waals surface area contributed by atoms with Gasteiger partial charge in [0.25, 0.3) is 5.91 Å². The molecular formula is C23H28FNO3. The second kappa shape index (κ2) is 9.49. The first kappa shape index (κ1) is 21.6. The minimum atomic E-state index is -0.359. The third kappa shape index (κ3) is 6.19. The Balaban J connectivity index is 2.13. The number of ether oxygens (including phenoxy) is 1. The van der Waals surface area contributed by atoms with Crippen molar-refractivity contribution in [3.8, 4) is 0 Å². The Morgan fingerprint density at radius 1 is 0.964 bits per heavy atom. The normalized spacial score (nSPS) is 11.2. The summed E-state index contributed by atoms with van der Waals surface area (Å²) in [7, 11) is 1.33. The third-order valence-electron chi connectivity index (χ3n) is 4.68. The zero-order chi connectivity index (χ0) is 20.7. The predicted octanol–water partition coefficient (Wildman–Crippen LogP) is 4.37. The molecule has 0 saturated heterocycles. The van der Waals surface area contributed by atoms with Crippen molar-refractivity contribution in [2.45, 2.75) is 39.0 Å². The van der Waals surface area contributed by atoms with Crippen molar-refractivity contribution in [1.82, 2.24) is 4.90 Å². The third-order valence-corrected chi connectivity index (χ3v) is 4.68. The smallest absolute Gasteiger partial charge is 0.307 e.